The molecule has 0 saturated carbocycles. The van der Waals surface area contributed by atoms with E-state index in [1.807, 2.05) is 0 Å². The van der Waals surface area contributed by atoms with Crippen molar-refractivity contribution in [1.82, 2.24) is 0 Å². The first kappa shape index (κ1) is 14.7. The van der Waals surface area contributed by atoms with Crippen LogP contribution < -0.4 is 0 Å². The van der Waals surface area contributed by atoms with Crippen molar-refractivity contribution in [2.24, 2.45) is 0 Å². The van der Waals surface area contributed by atoms with Crippen LogP contribution in [-0.2, 0) is 19.3 Å². The zero-order chi connectivity index (χ0) is 17.0. The Hall–Kier alpha value is -2.60. The normalized spacial score (nSPS) is 12.6. The van der Waals surface area contributed by atoms with Gasteiger partial charge in [-0.3, -0.25) is 0 Å². The fourth-order valence-corrected chi connectivity index (χ4v) is 4.24. The number of hydrogen-bond acceptors (Lipinski definition) is 0. The van der Waals surface area contributed by atoms with Gasteiger partial charge in [0, 0.05) is 0 Å². The Bertz CT molecular complexity index is 1130. The van der Waals surface area contributed by atoms with Crippen LogP contribution in [0.1, 0.15) is 36.1 Å². The molecule has 25 heavy (non-hydrogen) atoms. The first-order valence-electron chi connectivity index (χ1n) is 9.36. The molecule has 0 N–H and O–H groups in total. The molecule has 0 heteroatoms. The van der Waals surface area contributed by atoms with Gasteiger partial charge in [0.05, 0.1) is 0 Å². The number of fused-ring (bicyclic) bond motifs is 5. The number of hydrogen-bond donors (Lipinski definition) is 0. The van der Waals surface area contributed by atoms with Crippen molar-refractivity contribution in [1.29, 1.82) is 0 Å². The van der Waals surface area contributed by atoms with E-state index in [1.54, 1.807) is 0 Å². The average Bonchev–Trinajstić information content (AvgIpc) is 3.00. The van der Waals surface area contributed by atoms with Crippen molar-refractivity contribution >= 4 is 21.5 Å². The summed E-state index contributed by atoms with van der Waals surface area (Å²) in [6.07, 6.45) is 3.27. The minimum Gasteiger partial charge on any atom is -0.0613 e. The van der Waals surface area contributed by atoms with E-state index in [0.717, 1.165) is 19.3 Å². The molecule has 122 valence electrons. The molecule has 1 aliphatic carbocycles. The average molecular weight is 322 g/mol. The summed E-state index contributed by atoms with van der Waals surface area (Å²) in [5, 5.41) is 5.41. The molecule has 4 aromatic carbocycles. The molecule has 4 aromatic rings. The molecule has 0 radical (unpaired) electrons. The maximum atomic E-state index is 2.41. The van der Waals surface area contributed by atoms with Gasteiger partial charge in [0.2, 0.25) is 0 Å². The van der Waals surface area contributed by atoms with E-state index in [2.05, 4.69) is 74.5 Å². The molecule has 0 aromatic heterocycles. The second-order valence-corrected chi connectivity index (χ2v) is 7.27. The largest absolute Gasteiger partial charge is 0.0613 e. The highest BCUT2D eigenvalue weighted by molar-refractivity contribution is 6.01. The lowest BCUT2D eigenvalue weighted by Gasteiger charge is -2.08. The topological polar surface area (TPSA) is 0 Å². The SMILES string of the molecule is CCc1ccc2c(c1)Cc1cc3cc4cc(CC)ccc4cc3cc1-2. The summed E-state index contributed by atoms with van der Waals surface area (Å²) in [5.41, 5.74) is 8.66. The van der Waals surface area contributed by atoms with Gasteiger partial charge in [0.1, 0.15) is 0 Å². The Balaban J connectivity index is 1.72. The minimum atomic E-state index is 1.07. The summed E-state index contributed by atoms with van der Waals surface area (Å²) in [6, 6.07) is 23.4. The lowest BCUT2D eigenvalue weighted by atomic mass is 9.96. The van der Waals surface area contributed by atoms with E-state index in [-0.39, 0.29) is 0 Å². The third kappa shape index (κ3) is 2.28. The van der Waals surface area contributed by atoms with Gasteiger partial charge >= 0.3 is 0 Å². The Morgan fingerprint density at radius 3 is 2.04 bits per heavy atom. The van der Waals surface area contributed by atoms with Gasteiger partial charge in [-0.15, -0.1) is 0 Å². The summed E-state index contributed by atoms with van der Waals surface area (Å²) in [6.45, 7) is 4.45. The van der Waals surface area contributed by atoms with Gasteiger partial charge in [-0.2, -0.15) is 0 Å². The van der Waals surface area contributed by atoms with Crippen molar-refractivity contribution in [3.05, 3.63) is 82.9 Å². The van der Waals surface area contributed by atoms with Crippen molar-refractivity contribution in [3.8, 4) is 11.1 Å². The Labute approximate surface area is 149 Å². The van der Waals surface area contributed by atoms with E-state index < -0.39 is 0 Å². The second kappa shape index (κ2) is 5.46. The van der Waals surface area contributed by atoms with Gasteiger partial charge in [-0.1, -0.05) is 56.3 Å². The number of aryl methyl sites for hydroxylation is 2. The van der Waals surface area contributed by atoms with Gasteiger partial charge in [0.25, 0.3) is 0 Å². The van der Waals surface area contributed by atoms with Gasteiger partial charge in [-0.05, 0) is 92.4 Å². The highest BCUT2D eigenvalue weighted by Gasteiger charge is 2.19. The molecular formula is C25H22. The highest BCUT2D eigenvalue weighted by atomic mass is 14.2. The molecule has 0 saturated heterocycles. The summed E-state index contributed by atoms with van der Waals surface area (Å²) >= 11 is 0. The van der Waals surface area contributed by atoms with Crippen LogP contribution in [0.4, 0.5) is 0 Å². The molecule has 0 heterocycles. The standard InChI is InChI=1S/C25H22/c1-3-16-5-7-18-11-21-15-25-23(13-20(21)12-19(18)9-16)14-22-10-17(4-2)6-8-24(22)25/h5-13,15H,3-4,14H2,1-2H3. The van der Waals surface area contributed by atoms with Crippen LogP contribution >= 0.6 is 0 Å². The molecule has 5 rings (SSSR count). The highest BCUT2D eigenvalue weighted by Crippen LogP contribution is 2.40. The lowest BCUT2D eigenvalue weighted by molar-refractivity contribution is 1.12. The predicted molar refractivity (Wildman–Crippen MR) is 108 cm³/mol. The molecule has 0 amide bonds. The van der Waals surface area contributed by atoms with E-state index in [9.17, 15) is 0 Å². The van der Waals surface area contributed by atoms with Crippen molar-refractivity contribution < 1.29 is 0 Å². The van der Waals surface area contributed by atoms with E-state index in [1.165, 1.54) is 54.9 Å². The van der Waals surface area contributed by atoms with Crippen LogP contribution in [0, 0.1) is 0 Å². The van der Waals surface area contributed by atoms with Crippen LogP contribution in [-0.4, -0.2) is 0 Å². The van der Waals surface area contributed by atoms with Crippen molar-refractivity contribution in [2.75, 3.05) is 0 Å². The van der Waals surface area contributed by atoms with Crippen LogP contribution in [0.2, 0.25) is 0 Å². The Morgan fingerprint density at radius 1 is 0.560 bits per heavy atom. The van der Waals surface area contributed by atoms with E-state index in [0.29, 0.717) is 0 Å². The van der Waals surface area contributed by atoms with Crippen LogP contribution in [0.3, 0.4) is 0 Å². The van der Waals surface area contributed by atoms with Crippen LogP contribution in [0.5, 0.6) is 0 Å². The zero-order valence-electron chi connectivity index (χ0n) is 14.9. The number of benzene rings is 4. The fraction of sp³-hybridized carbons (Fsp3) is 0.200. The van der Waals surface area contributed by atoms with Crippen LogP contribution in [0.15, 0.2) is 60.7 Å². The molecule has 1 aliphatic rings. The second-order valence-electron chi connectivity index (χ2n) is 7.27. The fourth-order valence-electron chi connectivity index (χ4n) is 4.24. The first-order valence-corrected chi connectivity index (χ1v) is 9.36. The molecule has 0 fully saturated rings. The van der Waals surface area contributed by atoms with E-state index >= 15 is 0 Å². The van der Waals surface area contributed by atoms with E-state index in [4.69, 9.17) is 0 Å². The minimum absolute atomic E-state index is 1.07. The maximum absolute atomic E-state index is 2.41. The Kier molecular flexibility index (Phi) is 3.21. The summed E-state index contributed by atoms with van der Waals surface area (Å²) in [5.74, 6) is 0. The smallest absolute Gasteiger partial charge is 0.00131 e. The summed E-state index contributed by atoms with van der Waals surface area (Å²) < 4.78 is 0. The van der Waals surface area contributed by atoms with Gasteiger partial charge < -0.3 is 0 Å². The molecule has 0 aliphatic heterocycles. The molecule has 0 spiro atoms. The van der Waals surface area contributed by atoms with Crippen LogP contribution in [0.25, 0.3) is 32.7 Å². The third-order valence-electron chi connectivity index (χ3n) is 5.74. The zero-order valence-corrected chi connectivity index (χ0v) is 14.9. The third-order valence-corrected chi connectivity index (χ3v) is 5.74. The molecule has 0 bridgehead atoms. The van der Waals surface area contributed by atoms with Crippen molar-refractivity contribution in [3.63, 3.8) is 0 Å². The predicted octanol–water partition coefficient (Wildman–Crippen LogP) is 6.69. The molecule has 0 atom stereocenters. The molecular weight excluding hydrogens is 300 g/mol. The molecule has 0 nitrogen and oxygen atoms in total. The maximum Gasteiger partial charge on any atom is -0.00131 e. The van der Waals surface area contributed by atoms with Gasteiger partial charge in [-0.25, -0.2) is 0 Å². The lowest BCUT2D eigenvalue weighted by Crippen LogP contribution is -1.85. The number of rotatable bonds is 2. The summed E-state index contributed by atoms with van der Waals surface area (Å²) in [4.78, 5) is 0. The monoisotopic (exact) mass is 322 g/mol. The quantitative estimate of drug-likeness (QED) is 0.318. The first-order chi connectivity index (χ1) is 12.2. The Morgan fingerprint density at radius 2 is 1.20 bits per heavy atom. The van der Waals surface area contributed by atoms with Crippen molar-refractivity contribution in [2.45, 2.75) is 33.1 Å². The molecule has 0 unspecified atom stereocenters. The van der Waals surface area contributed by atoms with Gasteiger partial charge in [0.15, 0.2) is 0 Å². The summed E-state index contributed by atoms with van der Waals surface area (Å²) in [7, 11) is 0.